The molecule has 20 heavy (non-hydrogen) atoms. The molecule has 0 radical (unpaired) electrons. The van der Waals surface area contributed by atoms with E-state index in [4.69, 9.17) is 4.74 Å². The van der Waals surface area contributed by atoms with Crippen molar-refractivity contribution in [2.45, 2.75) is 13.0 Å². The number of hydrogen-bond acceptors (Lipinski definition) is 3. The van der Waals surface area contributed by atoms with Gasteiger partial charge in [-0.3, -0.25) is 0 Å². The number of H-pyrrole nitrogens is 1. The van der Waals surface area contributed by atoms with Gasteiger partial charge in [0.25, 0.3) is 0 Å². The summed E-state index contributed by atoms with van der Waals surface area (Å²) in [5.74, 6) is 1.32. The van der Waals surface area contributed by atoms with Gasteiger partial charge in [0.05, 0.1) is 18.1 Å². The van der Waals surface area contributed by atoms with Gasteiger partial charge in [-0.05, 0) is 42.3 Å². The maximum absolute atomic E-state index is 10.4. The predicted molar refractivity (Wildman–Crippen MR) is 77.9 cm³/mol. The minimum absolute atomic E-state index is 0.552. The zero-order valence-corrected chi connectivity index (χ0v) is 11.4. The molecule has 0 aliphatic rings. The first kappa shape index (κ1) is 12.7. The topological polar surface area (TPSA) is 58.1 Å². The van der Waals surface area contributed by atoms with Gasteiger partial charge >= 0.3 is 0 Å². The van der Waals surface area contributed by atoms with Gasteiger partial charge in [0.15, 0.2) is 0 Å². The van der Waals surface area contributed by atoms with Crippen molar-refractivity contribution in [2.75, 3.05) is 7.11 Å². The molecule has 1 aromatic heterocycles. The summed E-state index contributed by atoms with van der Waals surface area (Å²) in [5.41, 5.74) is 3.74. The number of fused-ring (bicyclic) bond motifs is 1. The van der Waals surface area contributed by atoms with Crippen molar-refractivity contribution in [3.05, 3.63) is 59.4 Å². The Morgan fingerprint density at radius 1 is 1.15 bits per heavy atom. The largest absolute Gasteiger partial charge is 0.497 e. The van der Waals surface area contributed by atoms with E-state index in [2.05, 4.69) is 9.97 Å². The Bertz CT molecular complexity index is 732. The second-order valence-corrected chi connectivity index (χ2v) is 4.82. The molecule has 2 N–H and O–H groups in total. The number of nitrogens with zero attached hydrogens (tertiary/aromatic N) is 1. The third kappa shape index (κ3) is 2.26. The Hall–Kier alpha value is -2.33. The second-order valence-electron chi connectivity index (χ2n) is 4.82. The van der Waals surface area contributed by atoms with Crippen molar-refractivity contribution in [1.29, 1.82) is 0 Å². The van der Waals surface area contributed by atoms with E-state index in [1.807, 2.05) is 49.4 Å². The molecule has 3 rings (SSSR count). The van der Waals surface area contributed by atoms with Crippen LogP contribution >= 0.6 is 0 Å². The van der Waals surface area contributed by atoms with E-state index in [1.54, 1.807) is 7.11 Å². The summed E-state index contributed by atoms with van der Waals surface area (Å²) < 4.78 is 5.11. The van der Waals surface area contributed by atoms with Crippen LogP contribution in [0.4, 0.5) is 0 Å². The standard InChI is InChI=1S/C16H16N2O2/c1-10-3-8-13-14(9-10)18-16(17-13)15(19)11-4-6-12(20-2)7-5-11/h3-9,15,19H,1-2H3,(H,17,18). The lowest BCUT2D eigenvalue weighted by Crippen LogP contribution is -2.01. The molecule has 0 amide bonds. The lowest BCUT2D eigenvalue weighted by Gasteiger charge is -2.08. The number of aryl methyl sites for hydroxylation is 1. The highest BCUT2D eigenvalue weighted by Crippen LogP contribution is 2.24. The first-order valence-corrected chi connectivity index (χ1v) is 6.45. The minimum Gasteiger partial charge on any atom is -0.497 e. The maximum Gasteiger partial charge on any atom is 0.140 e. The van der Waals surface area contributed by atoms with Gasteiger partial charge in [0, 0.05) is 0 Å². The molecule has 3 aromatic rings. The monoisotopic (exact) mass is 268 g/mol. The molecule has 102 valence electrons. The highest BCUT2D eigenvalue weighted by atomic mass is 16.5. The maximum atomic E-state index is 10.4. The molecule has 1 atom stereocenters. The second kappa shape index (κ2) is 4.98. The van der Waals surface area contributed by atoms with E-state index in [0.29, 0.717) is 5.82 Å². The van der Waals surface area contributed by atoms with Crippen molar-refractivity contribution in [1.82, 2.24) is 9.97 Å². The quantitative estimate of drug-likeness (QED) is 0.767. The molecule has 0 bridgehead atoms. The Balaban J connectivity index is 1.96. The number of nitrogens with one attached hydrogen (secondary N) is 1. The van der Waals surface area contributed by atoms with Crippen LogP contribution in [0, 0.1) is 6.92 Å². The first-order valence-electron chi connectivity index (χ1n) is 6.45. The van der Waals surface area contributed by atoms with E-state index < -0.39 is 6.10 Å². The molecule has 4 heteroatoms. The number of aromatic amines is 1. The van der Waals surface area contributed by atoms with Gasteiger partial charge in [-0.25, -0.2) is 4.98 Å². The number of aliphatic hydroxyl groups is 1. The van der Waals surface area contributed by atoms with Gasteiger partial charge in [0.1, 0.15) is 17.7 Å². The van der Waals surface area contributed by atoms with Gasteiger partial charge in [-0.2, -0.15) is 0 Å². The number of ether oxygens (including phenoxy) is 1. The zero-order chi connectivity index (χ0) is 14.1. The highest BCUT2D eigenvalue weighted by Gasteiger charge is 2.15. The van der Waals surface area contributed by atoms with Crippen molar-refractivity contribution < 1.29 is 9.84 Å². The smallest absolute Gasteiger partial charge is 0.140 e. The van der Waals surface area contributed by atoms with Crippen LogP contribution in [0.1, 0.15) is 23.1 Å². The molecule has 0 aliphatic carbocycles. The summed E-state index contributed by atoms with van der Waals surface area (Å²) in [6.07, 6.45) is -0.770. The van der Waals surface area contributed by atoms with Crippen LogP contribution in [0.5, 0.6) is 5.75 Å². The lowest BCUT2D eigenvalue weighted by molar-refractivity contribution is 0.211. The number of methoxy groups -OCH3 is 1. The van der Waals surface area contributed by atoms with Gasteiger partial charge < -0.3 is 14.8 Å². The van der Waals surface area contributed by atoms with Gasteiger partial charge in [-0.15, -0.1) is 0 Å². The van der Waals surface area contributed by atoms with Crippen molar-refractivity contribution in [2.24, 2.45) is 0 Å². The molecule has 2 aromatic carbocycles. The van der Waals surface area contributed by atoms with Crippen LogP contribution in [0.25, 0.3) is 11.0 Å². The van der Waals surface area contributed by atoms with E-state index >= 15 is 0 Å². The molecule has 0 saturated heterocycles. The Morgan fingerprint density at radius 2 is 1.90 bits per heavy atom. The molecule has 0 fully saturated rings. The summed E-state index contributed by atoms with van der Waals surface area (Å²) in [6, 6.07) is 13.3. The Labute approximate surface area is 117 Å². The average molecular weight is 268 g/mol. The SMILES string of the molecule is COc1ccc(C(O)c2nc3ccc(C)cc3[nH]2)cc1. The number of hydrogen-bond donors (Lipinski definition) is 2. The minimum atomic E-state index is -0.770. The van der Waals surface area contributed by atoms with Crippen LogP contribution < -0.4 is 4.74 Å². The van der Waals surface area contributed by atoms with Crippen molar-refractivity contribution in [3.63, 3.8) is 0 Å². The first-order chi connectivity index (χ1) is 9.67. The fourth-order valence-corrected chi connectivity index (χ4v) is 2.22. The van der Waals surface area contributed by atoms with Gasteiger partial charge in [-0.1, -0.05) is 18.2 Å². The van der Waals surface area contributed by atoms with Gasteiger partial charge in [0.2, 0.25) is 0 Å². The van der Waals surface area contributed by atoms with Crippen molar-refractivity contribution >= 4 is 11.0 Å². The van der Waals surface area contributed by atoms with Crippen LogP contribution in [-0.4, -0.2) is 22.2 Å². The van der Waals surface area contributed by atoms with E-state index in [0.717, 1.165) is 27.9 Å². The Morgan fingerprint density at radius 3 is 2.60 bits per heavy atom. The lowest BCUT2D eigenvalue weighted by atomic mass is 10.1. The zero-order valence-electron chi connectivity index (χ0n) is 11.4. The van der Waals surface area contributed by atoms with E-state index in [1.165, 1.54) is 0 Å². The summed E-state index contributed by atoms with van der Waals surface area (Å²) in [7, 11) is 1.62. The number of aromatic nitrogens is 2. The summed E-state index contributed by atoms with van der Waals surface area (Å²) in [4.78, 5) is 7.61. The fraction of sp³-hybridized carbons (Fsp3) is 0.188. The number of imidazole rings is 1. The summed E-state index contributed by atoms with van der Waals surface area (Å²) >= 11 is 0. The van der Waals surface area contributed by atoms with Crippen LogP contribution in [-0.2, 0) is 0 Å². The van der Waals surface area contributed by atoms with Crippen LogP contribution in [0.2, 0.25) is 0 Å². The van der Waals surface area contributed by atoms with E-state index in [-0.39, 0.29) is 0 Å². The van der Waals surface area contributed by atoms with Crippen molar-refractivity contribution in [3.8, 4) is 5.75 Å². The molecular formula is C16H16N2O2. The van der Waals surface area contributed by atoms with Crippen LogP contribution in [0.3, 0.4) is 0 Å². The summed E-state index contributed by atoms with van der Waals surface area (Å²) in [6.45, 7) is 2.03. The molecule has 1 heterocycles. The van der Waals surface area contributed by atoms with Crippen LogP contribution in [0.15, 0.2) is 42.5 Å². The number of rotatable bonds is 3. The number of benzene rings is 2. The third-order valence-corrected chi connectivity index (χ3v) is 3.35. The van der Waals surface area contributed by atoms with E-state index in [9.17, 15) is 5.11 Å². The number of aliphatic hydroxyl groups excluding tert-OH is 1. The molecule has 0 aliphatic heterocycles. The highest BCUT2D eigenvalue weighted by molar-refractivity contribution is 5.76. The molecule has 4 nitrogen and oxygen atoms in total. The molecular weight excluding hydrogens is 252 g/mol. The Kier molecular flexibility index (Phi) is 3.16. The molecule has 0 spiro atoms. The molecule has 1 unspecified atom stereocenters. The molecule has 0 saturated carbocycles. The average Bonchev–Trinajstić information content (AvgIpc) is 2.89. The predicted octanol–water partition coefficient (Wildman–Crippen LogP) is 2.96. The fourth-order valence-electron chi connectivity index (χ4n) is 2.22. The summed E-state index contributed by atoms with van der Waals surface area (Å²) in [5, 5.41) is 10.4. The normalized spacial score (nSPS) is 12.6. The third-order valence-electron chi connectivity index (χ3n) is 3.35.